The van der Waals surface area contributed by atoms with Crippen LogP contribution in [0.3, 0.4) is 0 Å². The maximum atomic E-state index is 13.0. The summed E-state index contributed by atoms with van der Waals surface area (Å²) in [6, 6.07) is 20.0. The van der Waals surface area contributed by atoms with Gasteiger partial charge in [-0.1, -0.05) is 36.4 Å². The standard InChI is InChI=1S/C24H21N3O3/c1-30-18-10-8-16(9-11-18)19-6-2-3-7-20(19)23-21(13-25)27(22(23)15-28)24(29)17-5-4-12-26-14-17/h2-12,14,21-23,28H,15H2,1H3/t21-,22-,23+/m0/s1. The third-order valence-corrected chi connectivity index (χ3v) is 5.59. The second-order valence-electron chi connectivity index (χ2n) is 7.12. The molecule has 1 aliphatic rings. The van der Waals surface area contributed by atoms with Crippen LogP contribution in [0.15, 0.2) is 73.1 Å². The topological polar surface area (TPSA) is 86.5 Å². The molecule has 3 aromatic rings. The smallest absolute Gasteiger partial charge is 0.256 e. The van der Waals surface area contributed by atoms with Crippen LogP contribution in [-0.2, 0) is 0 Å². The Balaban J connectivity index is 1.71. The van der Waals surface area contributed by atoms with Crippen LogP contribution in [0.1, 0.15) is 21.8 Å². The molecule has 1 aliphatic heterocycles. The van der Waals surface area contributed by atoms with Gasteiger partial charge in [-0.3, -0.25) is 9.78 Å². The van der Waals surface area contributed by atoms with Crippen LogP contribution >= 0.6 is 0 Å². The number of hydrogen-bond acceptors (Lipinski definition) is 5. The normalized spacial score (nSPS) is 20.2. The lowest BCUT2D eigenvalue weighted by Gasteiger charge is -2.52. The van der Waals surface area contributed by atoms with Gasteiger partial charge in [-0.25, -0.2) is 0 Å². The second kappa shape index (κ2) is 8.36. The van der Waals surface area contributed by atoms with E-state index in [1.54, 1.807) is 25.4 Å². The molecule has 0 saturated carbocycles. The fraction of sp³-hybridized carbons (Fsp3) is 0.208. The minimum absolute atomic E-state index is 0.230. The van der Waals surface area contributed by atoms with Crippen LogP contribution in [0.2, 0.25) is 0 Å². The van der Waals surface area contributed by atoms with E-state index in [4.69, 9.17) is 4.74 Å². The Morgan fingerprint density at radius 1 is 1.17 bits per heavy atom. The molecule has 6 heteroatoms. The van der Waals surface area contributed by atoms with Crippen LogP contribution in [0.5, 0.6) is 5.75 Å². The highest BCUT2D eigenvalue weighted by Crippen LogP contribution is 2.44. The fourth-order valence-electron chi connectivity index (χ4n) is 4.12. The SMILES string of the molecule is COc1ccc(-c2ccccc2[C@@H]2[C@H](C#N)N(C(=O)c3cccnc3)[C@H]2CO)cc1. The molecular weight excluding hydrogens is 378 g/mol. The van der Waals surface area contributed by atoms with E-state index in [2.05, 4.69) is 11.1 Å². The number of methoxy groups -OCH3 is 1. The first kappa shape index (κ1) is 19.6. The molecule has 30 heavy (non-hydrogen) atoms. The van der Waals surface area contributed by atoms with Gasteiger partial charge in [0, 0.05) is 18.3 Å². The summed E-state index contributed by atoms with van der Waals surface area (Å²) in [5.41, 5.74) is 3.29. The quantitative estimate of drug-likeness (QED) is 0.712. The van der Waals surface area contributed by atoms with Crippen molar-refractivity contribution in [3.63, 3.8) is 0 Å². The van der Waals surface area contributed by atoms with Gasteiger partial charge in [0.05, 0.1) is 31.4 Å². The highest BCUT2D eigenvalue weighted by molar-refractivity contribution is 5.95. The predicted molar refractivity (Wildman–Crippen MR) is 112 cm³/mol. The number of nitriles is 1. The Hall–Kier alpha value is -3.69. The van der Waals surface area contributed by atoms with Crippen LogP contribution < -0.4 is 4.74 Å². The predicted octanol–water partition coefficient (Wildman–Crippen LogP) is 3.25. The van der Waals surface area contributed by atoms with E-state index < -0.39 is 12.1 Å². The molecule has 3 atom stereocenters. The van der Waals surface area contributed by atoms with E-state index in [-0.39, 0.29) is 18.4 Å². The highest BCUT2D eigenvalue weighted by Gasteiger charge is 2.52. The first-order valence-corrected chi connectivity index (χ1v) is 9.66. The van der Waals surface area contributed by atoms with Crippen molar-refractivity contribution in [2.24, 2.45) is 0 Å². The van der Waals surface area contributed by atoms with Crippen molar-refractivity contribution >= 4 is 5.91 Å². The van der Waals surface area contributed by atoms with Gasteiger partial charge in [-0.05, 0) is 41.0 Å². The summed E-state index contributed by atoms with van der Waals surface area (Å²) in [4.78, 5) is 18.4. The zero-order chi connectivity index (χ0) is 21.1. The molecular formula is C24H21N3O3. The largest absolute Gasteiger partial charge is 0.497 e. The Bertz CT molecular complexity index is 1080. The number of aliphatic hydroxyl groups is 1. The lowest BCUT2D eigenvalue weighted by molar-refractivity contribution is -0.00574. The van der Waals surface area contributed by atoms with Crippen molar-refractivity contribution in [2.75, 3.05) is 13.7 Å². The number of rotatable bonds is 5. The van der Waals surface area contributed by atoms with Gasteiger partial charge in [0.25, 0.3) is 5.91 Å². The molecule has 6 nitrogen and oxygen atoms in total. The number of carbonyl (C=O) groups excluding carboxylic acids is 1. The molecule has 150 valence electrons. The van der Waals surface area contributed by atoms with Gasteiger partial charge in [0.2, 0.25) is 0 Å². The van der Waals surface area contributed by atoms with E-state index in [9.17, 15) is 15.2 Å². The third-order valence-electron chi connectivity index (χ3n) is 5.59. The number of aromatic nitrogens is 1. The van der Waals surface area contributed by atoms with Crippen LogP contribution in [0.4, 0.5) is 0 Å². The minimum Gasteiger partial charge on any atom is -0.497 e. The molecule has 2 aromatic carbocycles. The average molecular weight is 399 g/mol. The van der Waals surface area contributed by atoms with E-state index in [0.717, 1.165) is 22.4 Å². The number of nitrogens with zero attached hydrogens (tertiary/aromatic N) is 3. The molecule has 1 fully saturated rings. The van der Waals surface area contributed by atoms with Crippen LogP contribution in [0, 0.1) is 11.3 Å². The maximum Gasteiger partial charge on any atom is 0.256 e. The van der Waals surface area contributed by atoms with Gasteiger partial charge in [-0.15, -0.1) is 0 Å². The Morgan fingerprint density at radius 2 is 1.93 bits per heavy atom. The molecule has 1 aromatic heterocycles. The number of pyridine rings is 1. The van der Waals surface area contributed by atoms with E-state index in [0.29, 0.717) is 5.56 Å². The lowest BCUT2D eigenvalue weighted by Crippen LogP contribution is -2.65. The third kappa shape index (κ3) is 3.30. The second-order valence-corrected chi connectivity index (χ2v) is 7.12. The number of carbonyl (C=O) groups is 1. The molecule has 0 bridgehead atoms. The summed E-state index contributed by atoms with van der Waals surface area (Å²) in [5, 5.41) is 20.0. The fourth-order valence-corrected chi connectivity index (χ4v) is 4.12. The van der Waals surface area contributed by atoms with Gasteiger partial charge < -0.3 is 14.7 Å². The van der Waals surface area contributed by atoms with Gasteiger partial charge in [0.15, 0.2) is 0 Å². The number of likely N-dealkylation sites (tertiary alicyclic amines) is 1. The van der Waals surface area contributed by atoms with E-state index >= 15 is 0 Å². The summed E-state index contributed by atoms with van der Waals surface area (Å²) >= 11 is 0. The van der Waals surface area contributed by atoms with E-state index in [1.807, 2.05) is 48.5 Å². The Morgan fingerprint density at radius 3 is 2.57 bits per heavy atom. The van der Waals surface area contributed by atoms with Crippen LogP contribution in [0.25, 0.3) is 11.1 Å². The zero-order valence-corrected chi connectivity index (χ0v) is 16.5. The zero-order valence-electron chi connectivity index (χ0n) is 16.5. The van der Waals surface area contributed by atoms with Crippen molar-refractivity contribution in [3.05, 3.63) is 84.2 Å². The number of amides is 1. The summed E-state index contributed by atoms with van der Waals surface area (Å²) in [7, 11) is 1.62. The first-order valence-electron chi connectivity index (χ1n) is 9.66. The lowest BCUT2D eigenvalue weighted by atomic mass is 9.73. The molecule has 1 N–H and O–H groups in total. The highest BCUT2D eigenvalue weighted by atomic mass is 16.5. The number of ether oxygens (including phenoxy) is 1. The monoisotopic (exact) mass is 399 g/mol. The number of hydrogen-bond donors (Lipinski definition) is 1. The number of benzene rings is 2. The van der Waals surface area contributed by atoms with Crippen LogP contribution in [-0.4, -0.2) is 46.7 Å². The summed E-state index contributed by atoms with van der Waals surface area (Å²) in [6.07, 6.45) is 3.07. The van der Waals surface area contributed by atoms with Crippen molar-refractivity contribution in [3.8, 4) is 22.9 Å². The first-order chi connectivity index (χ1) is 14.7. The maximum absolute atomic E-state index is 13.0. The molecule has 1 saturated heterocycles. The van der Waals surface area contributed by atoms with Gasteiger partial charge in [0.1, 0.15) is 11.8 Å². The molecule has 0 radical (unpaired) electrons. The Labute approximate surface area is 175 Å². The average Bonchev–Trinajstić information content (AvgIpc) is 2.80. The summed E-state index contributed by atoms with van der Waals surface area (Å²) < 4.78 is 5.24. The van der Waals surface area contributed by atoms with Crippen molar-refractivity contribution < 1.29 is 14.6 Å². The minimum atomic E-state index is -0.672. The van der Waals surface area contributed by atoms with E-state index in [1.165, 1.54) is 11.1 Å². The molecule has 0 spiro atoms. The Kier molecular flexibility index (Phi) is 5.46. The molecule has 0 unspecified atom stereocenters. The van der Waals surface area contributed by atoms with Gasteiger partial charge >= 0.3 is 0 Å². The molecule has 2 heterocycles. The van der Waals surface area contributed by atoms with Crippen molar-refractivity contribution in [1.82, 2.24) is 9.88 Å². The number of aliphatic hydroxyl groups excluding tert-OH is 1. The summed E-state index contributed by atoms with van der Waals surface area (Å²) in [5.74, 6) is 0.169. The van der Waals surface area contributed by atoms with Crippen molar-refractivity contribution in [1.29, 1.82) is 5.26 Å². The summed E-state index contributed by atoms with van der Waals surface area (Å²) in [6.45, 7) is -0.230. The molecule has 4 rings (SSSR count). The molecule has 1 amide bonds. The van der Waals surface area contributed by atoms with Gasteiger partial charge in [-0.2, -0.15) is 5.26 Å². The molecule has 0 aliphatic carbocycles. The van der Waals surface area contributed by atoms with Crippen molar-refractivity contribution in [2.45, 2.75) is 18.0 Å².